The molecule has 2 bridgehead atoms. The molecule has 28 heavy (non-hydrogen) atoms. The molecule has 7 nitrogen and oxygen atoms in total. The van der Waals surface area contributed by atoms with Gasteiger partial charge in [-0.15, -0.1) is 0 Å². The number of amides is 2. The van der Waals surface area contributed by atoms with E-state index < -0.39 is 0 Å². The van der Waals surface area contributed by atoms with Crippen LogP contribution in [0.5, 0.6) is 0 Å². The van der Waals surface area contributed by atoms with Crippen molar-refractivity contribution >= 4 is 11.8 Å². The normalized spacial score (nSPS) is 32.6. The van der Waals surface area contributed by atoms with Crippen LogP contribution in [0.1, 0.15) is 60.6 Å². The summed E-state index contributed by atoms with van der Waals surface area (Å²) in [5.74, 6) is 1.69. The van der Waals surface area contributed by atoms with Gasteiger partial charge in [-0.25, -0.2) is 0 Å². The van der Waals surface area contributed by atoms with E-state index in [4.69, 9.17) is 0 Å². The van der Waals surface area contributed by atoms with Crippen LogP contribution in [0, 0.1) is 11.8 Å². The van der Waals surface area contributed by atoms with Gasteiger partial charge in [-0.1, -0.05) is 0 Å². The molecule has 0 unspecified atom stereocenters. The molecule has 152 valence electrons. The molecule has 0 aromatic carbocycles. The first-order valence-corrected chi connectivity index (χ1v) is 10.8. The largest absolute Gasteiger partial charge is 0.337 e. The number of aromatic nitrogens is 2. The molecular weight excluding hydrogens is 354 g/mol. The van der Waals surface area contributed by atoms with Gasteiger partial charge >= 0.3 is 0 Å². The molecule has 1 aromatic heterocycles. The van der Waals surface area contributed by atoms with Crippen LogP contribution < -0.4 is 0 Å². The summed E-state index contributed by atoms with van der Waals surface area (Å²) in [5.41, 5.74) is 1.66. The van der Waals surface area contributed by atoms with E-state index >= 15 is 0 Å². The van der Waals surface area contributed by atoms with Crippen LogP contribution in [0.3, 0.4) is 0 Å². The Balaban J connectivity index is 1.38. The van der Waals surface area contributed by atoms with Gasteiger partial charge in [-0.3, -0.25) is 14.7 Å². The van der Waals surface area contributed by atoms with Crippen molar-refractivity contribution in [1.29, 1.82) is 0 Å². The minimum Gasteiger partial charge on any atom is -0.337 e. The van der Waals surface area contributed by atoms with Crippen molar-refractivity contribution in [3.8, 4) is 0 Å². The lowest BCUT2D eigenvalue weighted by molar-refractivity contribution is -0.152. The lowest BCUT2D eigenvalue weighted by Crippen LogP contribution is -2.67. The molecule has 4 fully saturated rings. The van der Waals surface area contributed by atoms with Crippen molar-refractivity contribution in [2.24, 2.45) is 11.8 Å². The number of rotatable bonds is 4. The van der Waals surface area contributed by atoms with Crippen molar-refractivity contribution in [3.63, 3.8) is 0 Å². The number of likely N-dealkylation sites (tertiary alicyclic amines) is 1. The van der Waals surface area contributed by atoms with Crippen LogP contribution in [0.4, 0.5) is 0 Å². The predicted molar refractivity (Wildman–Crippen MR) is 105 cm³/mol. The Bertz CT molecular complexity index is 771. The Hall–Kier alpha value is -1.89. The van der Waals surface area contributed by atoms with Gasteiger partial charge in [-0.05, 0) is 64.1 Å². The molecule has 1 N–H and O–H groups in total. The Labute approximate surface area is 166 Å². The maximum atomic E-state index is 13.2. The number of nitrogens with one attached hydrogen (secondary N) is 1. The lowest BCUT2D eigenvalue weighted by Gasteiger charge is -2.57. The van der Waals surface area contributed by atoms with Crippen molar-refractivity contribution < 1.29 is 9.59 Å². The second kappa shape index (κ2) is 6.87. The third kappa shape index (κ3) is 3.13. The Morgan fingerprint density at radius 3 is 2.79 bits per heavy atom. The number of hydrogen-bond acceptors (Lipinski definition) is 4. The van der Waals surface area contributed by atoms with E-state index in [1.807, 2.05) is 11.0 Å². The zero-order chi connectivity index (χ0) is 19.4. The summed E-state index contributed by atoms with van der Waals surface area (Å²) in [6.07, 6.45) is 6.25. The molecule has 0 radical (unpaired) electrons. The van der Waals surface area contributed by atoms with Gasteiger partial charge < -0.3 is 14.7 Å². The number of carbonyl (C=O) groups is 2. The van der Waals surface area contributed by atoms with Gasteiger partial charge in [0.05, 0.1) is 0 Å². The van der Waals surface area contributed by atoms with E-state index in [1.54, 1.807) is 0 Å². The predicted octanol–water partition coefficient (Wildman–Crippen LogP) is 1.69. The zero-order valence-corrected chi connectivity index (χ0v) is 16.9. The second-order valence-corrected chi connectivity index (χ2v) is 9.54. The van der Waals surface area contributed by atoms with Gasteiger partial charge in [0.2, 0.25) is 5.91 Å². The summed E-state index contributed by atoms with van der Waals surface area (Å²) < 4.78 is 0. The number of nitrogens with zero attached hydrogens (tertiary/aromatic N) is 4. The molecular formula is C21H31N5O2. The van der Waals surface area contributed by atoms with Crippen LogP contribution in [0.15, 0.2) is 6.07 Å². The number of likely N-dealkylation sites (N-methyl/N-ethyl adjacent to an activating group) is 1. The van der Waals surface area contributed by atoms with Crippen LogP contribution in [-0.4, -0.2) is 82.5 Å². The van der Waals surface area contributed by atoms with Gasteiger partial charge in [-0.2, -0.15) is 5.10 Å². The van der Waals surface area contributed by atoms with Crippen molar-refractivity contribution in [1.82, 2.24) is 24.9 Å². The molecule has 2 amide bonds. The average molecular weight is 386 g/mol. The highest BCUT2D eigenvalue weighted by atomic mass is 16.2. The van der Waals surface area contributed by atoms with Crippen LogP contribution in [0.2, 0.25) is 0 Å². The number of carbonyl (C=O) groups excluding carboxylic acids is 2. The number of fused-ring (bicyclic) bond motifs is 4. The summed E-state index contributed by atoms with van der Waals surface area (Å²) in [6.45, 7) is 2.36. The first-order chi connectivity index (χ1) is 13.5. The highest BCUT2D eigenvalue weighted by molar-refractivity contribution is 5.92. The maximum Gasteiger partial charge on any atom is 0.274 e. The summed E-state index contributed by atoms with van der Waals surface area (Å²) >= 11 is 0. The Morgan fingerprint density at radius 1 is 1.25 bits per heavy atom. The number of aromatic amines is 1. The smallest absolute Gasteiger partial charge is 0.274 e. The van der Waals surface area contributed by atoms with Gasteiger partial charge in [0.15, 0.2) is 0 Å². The molecule has 1 aliphatic carbocycles. The SMILES string of the molecule is CN(C)C[C@H]1[C@H]2C[C@H](CN(C(=O)c3cc(C4CC4)[nH]n3)C2)[C@@H]2CCCC(=O)N21. The molecule has 4 aliphatic rings. The fourth-order valence-corrected chi connectivity index (χ4v) is 5.76. The van der Waals surface area contributed by atoms with E-state index in [-0.39, 0.29) is 11.9 Å². The zero-order valence-electron chi connectivity index (χ0n) is 16.9. The molecule has 4 heterocycles. The summed E-state index contributed by atoms with van der Waals surface area (Å²) in [4.78, 5) is 32.4. The molecule has 4 atom stereocenters. The summed E-state index contributed by atoms with van der Waals surface area (Å²) in [6, 6.07) is 2.46. The molecule has 7 heteroatoms. The number of H-pyrrole nitrogens is 1. The van der Waals surface area contributed by atoms with Gasteiger partial charge in [0.25, 0.3) is 5.91 Å². The van der Waals surface area contributed by atoms with Crippen LogP contribution in [-0.2, 0) is 4.79 Å². The molecule has 5 rings (SSSR count). The van der Waals surface area contributed by atoms with E-state index in [1.165, 1.54) is 12.8 Å². The summed E-state index contributed by atoms with van der Waals surface area (Å²) in [5, 5.41) is 7.39. The quantitative estimate of drug-likeness (QED) is 0.856. The molecule has 1 aromatic rings. The fraction of sp³-hybridized carbons (Fsp3) is 0.762. The van der Waals surface area contributed by atoms with Crippen LogP contribution >= 0.6 is 0 Å². The molecule has 3 saturated heterocycles. The minimum atomic E-state index is 0.0528. The highest BCUT2D eigenvalue weighted by Crippen LogP contribution is 2.42. The van der Waals surface area contributed by atoms with Gasteiger partial charge in [0, 0.05) is 49.8 Å². The fourth-order valence-electron chi connectivity index (χ4n) is 5.76. The van der Waals surface area contributed by atoms with E-state index in [0.717, 1.165) is 44.6 Å². The average Bonchev–Trinajstić information content (AvgIpc) is 3.41. The van der Waals surface area contributed by atoms with Crippen LogP contribution in [0.25, 0.3) is 0 Å². The molecule has 1 saturated carbocycles. The Kier molecular flexibility index (Phi) is 4.45. The van der Waals surface area contributed by atoms with Crippen molar-refractivity contribution in [3.05, 3.63) is 17.5 Å². The maximum absolute atomic E-state index is 13.2. The van der Waals surface area contributed by atoms with Crippen molar-refractivity contribution in [2.45, 2.75) is 56.5 Å². The first kappa shape index (κ1) is 18.2. The third-order valence-corrected chi connectivity index (χ3v) is 7.17. The lowest BCUT2D eigenvalue weighted by atomic mass is 9.72. The highest BCUT2D eigenvalue weighted by Gasteiger charge is 2.50. The van der Waals surface area contributed by atoms with E-state index in [9.17, 15) is 9.59 Å². The van der Waals surface area contributed by atoms with E-state index in [2.05, 4.69) is 34.1 Å². The monoisotopic (exact) mass is 385 g/mol. The number of piperidine rings is 3. The third-order valence-electron chi connectivity index (χ3n) is 7.17. The van der Waals surface area contributed by atoms with Crippen molar-refractivity contribution in [2.75, 3.05) is 33.7 Å². The topological polar surface area (TPSA) is 72.5 Å². The van der Waals surface area contributed by atoms with E-state index in [0.29, 0.717) is 41.8 Å². The molecule has 0 spiro atoms. The number of hydrogen-bond donors (Lipinski definition) is 1. The Morgan fingerprint density at radius 2 is 2.04 bits per heavy atom. The molecule has 3 aliphatic heterocycles. The van der Waals surface area contributed by atoms with Gasteiger partial charge in [0.1, 0.15) is 5.69 Å². The second-order valence-electron chi connectivity index (χ2n) is 9.54. The minimum absolute atomic E-state index is 0.0528. The first-order valence-electron chi connectivity index (χ1n) is 10.8. The summed E-state index contributed by atoms with van der Waals surface area (Å²) in [7, 11) is 4.15. The standard InChI is InChI=1S/C21H31N5O2/c1-24(2)12-19-15-8-14(18-4-3-5-20(27)26(18)19)10-25(11-15)21(28)17-9-16(22-23-17)13-6-7-13/h9,13-15,18-19H,3-8,10-12H2,1-2H3,(H,22,23)/t14-,15+,18+,19+/m1/s1.